The Morgan fingerprint density at radius 1 is 0.939 bits per heavy atom. The predicted molar refractivity (Wildman–Crippen MR) is 132 cm³/mol. The minimum atomic E-state index is -0.508. The van der Waals surface area contributed by atoms with Gasteiger partial charge in [0, 0.05) is 11.4 Å². The van der Waals surface area contributed by atoms with E-state index in [1.54, 1.807) is 42.5 Å². The quantitative estimate of drug-likeness (QED) is 0.111. The van der Waals surface area contributed by atoms with Gasteiger partial charge in [0.05, 0.1) is 18.4 Å². The molecule has 0 radical (unpaired) electrons. The van der Waals surface area contributed by atoms with Gasteiger partial charge in [-0.15, -0.1) is 0 Å². The number of halogens is 1. The maximum absolute atomic E-state index is 12.4. The third-order valence-corrected chi connectivity index (χ3v) is 5.21. The lowest BCUT2D eigenvalue weighted by Gasteiger charge is -2.11. The largest absolute Gasteiger partial charge is 0.490 e. The maximum atomic E-state index is 12.4. The molecule has 6 nitrogen and oxygen atoms in total. The predicted octanol–water partition coefficient (Wildman–Crippen LogP) is 6.55. The van der Waals surface area contributed by atoms with E-state index in [1.165, 1.54) is 38.3 Å². The summed E-state index contributed by atoms with van der Waals surface area (Å²) in [6.07, 6.45) is 10.1. The van der Waals surface area contributed by atoms with E-state index in [4.69, 9.17) is 21.1 Å². The van der Waals surface area contributed by atoms with Crippen molar-refractivity contribution in [3.05, 3.63) is 58.6 Å². The summed E-state index contributed by atoms with van der Waals surface area (Å²) in [5.74, 6) is 0.111. The Morgan fingerprint density at radius 2 is 1.64 bits per heavy atom. The zero-order valence-corrected chi connectivity index (χ0v) is 20.2. The van der Waals surface area contributed by atoms with Gasteiger partial charge in [0.15, 0.2) is 11.5 Å². The number of benzene rings is 2. The number of hydrogen-bond donors (Lipinski definition) is 1. The van der Waals surface area contributed by atoms with E-state index >= 15 is 0 Å². The van der Waals surface area contributed by atoms with Gasteiger partial charge in [0.25, 0.3) is 0 Å². The summed E-state index contributed by atoms with van der Waals surface area (Å²) in [5.41, 5.74) is 3.65. The van der Waals surface area contributed by atoms with E-state index in [9.17, 15) is 9.59 Å². The second-order valence-electron chi connectivity index (χ2n) is 7.70. The number of unbranched alkanes of at least 4 members (excludes halogenated alkanes) is 6. The molecule has 0 aliphatic heterocycles. The fourth-order valence-electron chi connectivity index (χ4n) is 3.18. The number of carbonyl (C=O) groups excluding carboxylic acids is 2. The molecule has 0 heterocycles. The number of hydrazone groups is 1. The van der Waals surface area contributed by atoms with E-state index in [1.807, 2.05) is 6.92 Å². The van der Waals surface area contributed by atoms with Crippen molar-refractivity contribution in [1.29, 1.82) is 0 Å². The highest BCUT2D eigenvalue weighted by atomic mass is 35.5. The summed E-state index contributed by atoms with van der Waals surface area (Å²) < 4.78 is 11.1. The topological polar surface area (TPSA) is 77.0 Å². The van der Waals surface area contributed by atoms with Crippen LogP contribution in [0.2, 0.25) is 5.02 Å². The van der Waals surface area contributed by atoms with Crippen LogP contribution in [0.3, 0.4) is 0 Å². The number of amides is 1. The van der Waals surface area contributed by atoms with Crippen molar-refractivity contribution < 1.29 is 19.1 Å². The molecule has 178 valence electrons. The maximum Gasteiger partial charge on any atom is 0.343 e. The summed E-state index contributed by atoms with van der Waals surface area (Å²) in [6, 6.07) is 11.5. The highest BCUT2D eigenvalue weighted by molar-refractivity contribution is 6.30. The Kier molecular flexibility index (Phi) is 12.0. The number of carbonyl (C=O) groups is 2. The average Bonchev–Trinajstić information content (AvgIpc) is 2.80. The van der Waals surface area contributed by atoms with Crippen molar-refractivity contribution >= 4 is 29.7 Å². The molecule has 2 aromatic rings. The van der Waals surface area contributed by atoms with Crippen molar-refractivity contribution in [1.82, 2.24) is 5.43 Å². The molecule has 2 rings (SSSR count). The van der Waals surface area contributed by atoms with Gasteiger partial charge in [-0.05, 0) is 61.4 Å². The van der Waals surface area contributed by atoms with Gasteiger partial charge in [0.2, 0.25) is 5.91 Å². The van der Waals surface area contributed by atoms with Crippen LogP contribution in [0.15, 0.2) is 47.6 Å². The minimum Gasteiger partial charge on any atom is -0.490 e. The lowest BCUT2D eigenvalue weighted by molar-refractivity contribution is -0.121. The number of hydrogen-bond acceptors (Lipinski definition) is 5. The number of esters is 1. The van der Waals surface area contributed by atoms with Crippen molar-refractivity contribution in [3.63, 3.8) is 0 Å². The van der Waals surface area contributed by atoms with Crippen LogP contribution in [0.4, 0.5) is 0 Å². The molecule has 0 atom stereocenters. The molecule has 0 unspecified atom stereocenters. The smallest absolute Gasteiger partial charge is 0.343 e. The molecular weight excluding hydrogens is 440 g/mol. The summed E-state index contributed by atoms with van der Waals surface area (Å²) >= 11 is 5.86. The van der Waals surface area contributed by atoms with Crippen LogP contribution in [-0.2, 0) is 4.79 Å². The first-order valence-corrected chi connectivity index (χ1v) is 12.0. The first-order valence-electron chi connectivity index (χ1n) is 11.6. The molecule has 7 heteroatoms. The number of nitrogens with zero attached hydrogens (tertiary/aromatic N) is 1. The fraction of sp³-hybridized carbons (Fsp3) is 0.423. The molecule has 0 bridgehead atoms. The molecule has 1 N–H and O–H groups in total. The Hall–Kier alpha value is -2.86. The van der Waals surface area contributed by atoms with Gasteiger partial charge in [-0.25, -0.2) is 10.2 Å². The normalized spacial score (nSPS) is 10.9. The lowest BCUT2D eigenvalue weighted by atomic mass is 10.1. The molecule has 0 aromatic heterocycles. The summed E-state index contributed by atoms with van der Waals surface area (Å²) in [5, 5.41) is 4.57. The lowest BCUT2D eigenvalue weighted by Crippen LogP contribution is -2.16. The molecule has 0 saturated heterocycles. The van der Waals surface area contributed by atoms with Crippen LogP contribution >= 0.6 is 11.6 Å². The summed E-state index contributed by atoms with van der Waals surface area (Å²) in [7, 11) is 0. The third kappa shape index (κ3) is 10.1. The second-order valence-corrected chi connectivity index (χ2v) is 8.14. The van der Waals surface area contributed by atoms with Gasteiger partial charge in [-0.1, -0.05) is 57.0 Å². The number of nitrogens with one attached hydrogen (secondary N) is 1. The van der Waals surface area contributed by atoms with E-state index < -0.39 is 5.97 Å². The van der Waals surface area contributed by atoms with Gasteiger partial charge < -0.3 is 9.47 Å². The Morgan fingerprint density at radius 3 is 2.33 bits per heavy atom. The molecular formula is C26H33ClN2O4. The number of rotatable bonds is 14. The molecule has 0 aliphatic rings. The Labute approximate surface area is 201 Å². The minimum absolute atomic E-state index is 0.0987. The van der Waals surface area contributed by atoms with Crippen LogP contribution in [0.1, 0.15) is 81.1 Å². The van der Waals surface area contributed by atoms with Crippen molar-refractivity contribution in [2.24, 2.45) is 5.10 Å². The molecule has 0 spiro atoms. The van der Waals surface area contributed by atoms with Gasteiger partial charge in [0.1, 0.15) is 0 Å². The zero-order valence-electron chi connectivity index (χ0n) is 19.4. The molecule has 0 fully saturated rings. The summed E-state index contributed by atoms with van der Waals surface area (Å²) in [6.45, 7) is 4.45. The van der Waals surface area contributed by atoms with Crippen LogP contribution < -0.4 is 14.9 Å². The van der Waals surface area contributed by atoms with Crippen molar-refractivity contribution in [2.45, 2.75) is 65.2 Å². The zero-order chi connectivity index (χ0) is 23.9. The molecule has 0 aliphatic carbocycles. The second kappa shape index (κ2) is 15.1. The molecule has 0 saturated carbocycles. The standard InChI is InChI=1S/C26H33ClN2O4/c1-3-5-6-7-8-9-10-11-25(30)29-28-19-20-12-17-23(24(18-20)32-4-2)33-26(31)21-13-15-22(27)16-14-21/h12-19H,3-11H2,1-2H3,(H,29,30). The summed E-state index contributed by atoms with van der Waals surface area (Å²) in [4.78, 5) is 24.3. The van der Waals surface area contributed by atoms with Crippen molar-refractivity contribution in [3.8, 4) is 11.5 Å². The van der Waals surface area contributed by atoms with Crippen LogP contribution in [0, 0.1) is 0 Å². The average molecular weight is 473 g/mol. The third-order valence-electron chi connectivity index (χ3n) is 4.96. The molecule has 1 amide bonds. The molecule has 33 heavy (non-hydrogen) atoms. The van der Waals surface area contributed by atoms with Crippen molar-refractivity contribution in [2.75, 3.05) is 6.61 Å². The SMILES string of the molecule is CCCCCCCCCC(=O)NN=Cc1ccc(OC(=O)c2ccc(Cl)cc2)c(OCC)c1. The van der Waals surface area contributed by atoms with Crippen LogP contribution in [-0.4, -0.2) is 24.7 Å². The highest BCUT2D eigenvalue weighted by Crippen LogP contribution is 2.29. The monoisotopic (exact) mass is 472 g/mol. The Bertz CT molecular complexity index is 913. The number of ether oxygens (including phenoxy) is 2. The van der Waals surface area contributed by atoms with Gasteiger partial charge in [-0.2, -0.15) is 5.10 Å². The first kappa shape index (κ1) is 26.4. The van der Waals surface area contributed by atoms with E-state index in [2.05, 4.69) is 17.5 Å². The molecule has 2 aromatic carbocycles. The van der Waals surface area contributed by atoms with E-state index in [-0.39, 0.29) is 5.91 Å². The van der Waals surface area contributed by atoms with E-state index in [0.717, 1.165) is 12.8 Å². The van der Waals surface area contributed by atoms with Gasteiger partial charge in [-0.3, -0.25) is 4.79 Å². The Balaban J connectivity index is 1.86. The first-order chi connectivity index (χ1) is 16.0. The van der Waals surface area contributed by atoms with E-state index in [0.29, 0.717) is 40.7 Å². The van der Waals surface area contributed by atoms with Crippen LogP contribution in [0.25, 0.3) is 0 Å². The van der Waals surface area contributed by atoms with Gasteiger partial charge >= 0.3 is 5.97 Å². The fourth-order valence-corrected chi connectivity index (χ4v) is 3.31. The van der Waals surface area contributed by atoms with Crippen LogP contribution in [0.5, 0.6) is 11.5 Å². The highest BCUT2D eigenvalue weighted by Gasteiger charge is 2.13.